The average Bonchev–Trinajstić information content (AvgIpc) is 1.84. The van der Waals surface area contributed by atoms with E-state index in [1.165, 1.54) is 0 Å². The smallest absolute Gasteiger partial charge is 0.117 e. The molecular weight excluding hydrogens is 114 g/mol. The van der Waals surface area contributed by atoms with Crippen LogP contribution in [0.1, 0.15) is 13.8 Å². The van der Waals surface area contributed by atoms with Gasteiger partial charge in [-0.25, -0.2) is 0 Å². The van der Waals surface area contributed by atoms with Crippen LogP contribution in [0.5, 0.6) is 0 Å². The van der Waals surface area contributed by atoms with Crippen molar-refractivity contribution in [3.05, 3.63) is 0 Å². The standard InChI is InChI=1S/C6H9N3/c1-4(5(2)8)6(9)3-7/h4,8-9H,1-2H3. The topological polar surface area (TPSA) is 71.5 Å². The van der Waals surface area contributed by atoms with E-state index in [4.69, 9.17) is 16.1 Å². The highest BCUT2D eigenvalue weighted by atomic mass is 14.5. The molecule has 0 aliphatic carbocycles. The van der Waals surface area contributed by atoms with E-state index in [1.54, 1.807) is 19.9 Å². The Kier molecular flexibility index (Phi) is 2.59. The quantitative estimate of drug-likeness (QED) is 0.532. The van der Waals surface area contributed by atoms with Crippen LogP contribution in [-0.2, 0) is 0 Å². The number of hydrogen-bond acceptors (Lipinski definition) is 3. The lowest BCUT2D eigenvalue weighted by Crippen LogP contribution is -2.14. The second-order valence-corrected chi connectivity index (χ2v) is 1.93. The van der Waals surface area contributed by atoms with Gasteiger partial charge in [-0.1, -0.05) is 6.92 Å². The highest BCUT2D eigenvalue weighted by Gasteiger charge is 2.08. The molecule has 9 heavy (non-hydrogen) atoms. The van der Waals surface area contributed by atoms with Crippen LogP contribution in [0.2, 0.25) is 0 Å². The molecule has 0 amide bonds. The summed E-state index contributed by atoms with van der Waals surface area (Å²) in [4.78, 5) is 0. The maximum absolute atomic E-state index is 8.18. The van der Waals surface area contributed by atoms with Gasteiger partial charge in [-0.3, -0.25) is 5.41 Å². The minimum atomic E-state index is -0.310. The molecule has 3 nitrogen and oxygen atoms in total. The summed E-state index contributed by atoms with van der Waals surface area (Å²) in [7, 11) is 0. The Bertz CT molecular complexity index is 175. The molecule has 0 rings (SSSR count). The molecule has 1 atom stereocenters. The lowest BCUT2D eigenvalue weighted by Gasteiger charge is -2.02. The first-order chi connectivity index (χ1) is 4.09. The van der Waals surface area contributed by atoms with Crippen molar-refractivity contribution in [2.75, 3.05) is 0 Å². The van der Waals surface area contributed by atoms with Crippen molar-refractivity contribution in [1.82, 2.24) is 0 Å². The van der Waals surface area contributed by atoms with Gasteiger partial charge in [-0.2, -0.15) is 5.26 Å². The van der Waals surface area contributed by atoms with Crippen LogP contribution in [0.3, 0.4) is 0 Å². The molecule has 0 heterocycles. The Hall–Kier alpha value is -1.17. The van der Waals surface area contributed by atoms with E-state index in [0.29, 0.717) is 5.71 Å². The molecule has 0 saturated carbocycles. The summed E-state index contributed by atoms with van der Waals surface area (Å²) in [6, 6.07) is 1.69. The lowest BCUT2D eigenvalue weighted by molar-refractivity contribution is 1.03. The summed E-state index contributed by atoms with van der Waals surface area (Å²) >= 11 is 0. The van der Waals surface area contributed by atoms with Crippen molar-refractivity contribution in [3.8, 4) is 6.07 Å². The van der Waals surface area contributed by atoms with Gasteiger partial charge in [0.25, 0.3) is 0 Å². The number of nitriles is 1. The Labute approximate surface area is 54.3 Å². The van der Waals surface area contributed by atoms with Crippen molar-refractivity contribution in [2.45, 2.75) is 13.8 Å². The highest BCUT2D eigenvalue weighted by molar-refractivity contribution is 6.10. The van der Waals surface area contributed by atoms with Crippen molar-refractivity contribution < 1.29 is 0 Å². The first kappa shape index (κ1) is 7.83. The second kappa shape index (κ2) is 2.98. The summed E-state index contributed by atoms with van der Waals surface area (Å²) in [5.74, 6) is -0.310. The van der Waals surface area contributed by atoms with Gasteiger partial charge in [0.1, 0.15) is 11.8 Å². The molecule has 0 aliphatic rings. The van der Waals surface area contributed by atoms with E-state index in [2.05, 4.69) is 0 Å². The van der Waals surface area contributed by atoms with Crippen LogP contribution in [-0.4, -0.2) is 11.4 Å². The number of rotatable bonds is 2. The van der Waals surface area contributed by atoms with Gasteiger partial charge in [0.15, 0.2) is 0 Å². The minimum absolute atomic E-state index is 0.0394. The maximum atomic E-state index is 8.18. The molecule has 0 radical (unpaired) electrons. The van der Waals surface area contributed by atoms with Crippen LogP contribution in [0, 0.1) is 28.1 Å². The lowest BCUT2D eigenvalue weighted by atomic mass is 10.0. The number of hydrogen-bond donors (Lipinski definition) is 2. The maximum Gasteiger partial charge on any atom is 0.117 e. The summed E-state index contributed by atoms with van der Waals surface area (Å²) < 4.78 is 0. The predicted molar refractivity (Wildman–Crippen MR) is 35.9 cm³/mol. The number of nitrogens with zero attached hydrogens (tertiary/aromatic N) is 1. The van der Waals surface area contributed by atoms with E-state index in [0.717, 1.165) is 0 Å². The van der Waals surface area contributed by atoms with E-state index < -0.39 is 0 Å². The number of nitrogens with one attached hydrogen (secondary N) is 2. The van der Waals surface area contributed by atoms with Gasteiger partial charge in [0, 0.05) is 11.6 Å². The predicted octanol–water partition coefficient (Wildman–Crippen LogP) is 1.21. The van der Waals surface area contributed by atoms with E-state index >= 15 is 0 Å². The summed E-state index contributed by atoms with van der Waals surface area (Å²) in [6.07, 6.45) is 0. The monoisotopic (exact) mass is 123 g/mol. The van der Waals surface area contributed by atoms with Gasteiger partial charge in [0.05, 0.1) is 0 Å². The van der Waals surface area contributed by atoms with Crippen molar-refractivity contribution in [1.29, 1.82) is 16.1 Å². The van der Waals surface area contributed by atoms with Crippen LogP contribution >= 0.6 is 0 Å². The largest absolute Gasteiger partial charge is 0.309 e. The van der Waals surface area contributed by atoms with Gasteiger partial charge in [0.2, 0.25) is 0 Å². The molecule has 0 fully saturated rings. The molecule has 0 aromatic heterocycles. The molecular formula is C6H9N3. The third kappa shape index (κ3) is 2.04. The van der Waals surface area contributed by atoms with Crippen LogP contribution in [0.15, 0.2) is 0 Å². The normalized spacial score (nSPS) is 11.7. The molecule has 0 bridgehead atoms. The molecule has 0 spiro atoms. The third-order valence-corrected chi connectivity index (χ3v) is 1.20. The first-order valence-corrected chi connectivity index (χ1v) is 2.63. The molecule has 1 unspecified atom stereocenters. The van der Waals surface area contributed by atoms with Gasteiger partial charge in [-0.15, -0.1) is 0 Å². The SMILES string of the molecule is CC(=N)C(C)C(=N)C#N. The average molecular weight is 123 g/mol. The van der Waals surface area contributed by atoms with Gasteiger partial charge >= 0.3 is 0 Å². The molecule has 0 aliphatic heterocycles. The zero-order valence-electron chi connectivity index (χ0n) is 5.52. The molecule has 48 valence electrons. The fourth-order valence-corrected chi connectivity index (χ4v) is 0.313. The fraction of sp³-hybridized carbons (Fsp3) is 0.500. The summed E-state index contributed by atoms with van der Waals surface area (Å²) in [5, 5.41) is 22.2. The zero-order valence-corrected chi connectivity index (χ0v) is 5.52. The Morgan fingerprint density at radius 2 is 2.00 bits per heavy atom. The molecule has 0 aromatic carbocycles. The van der Waals surface area contributed by atoms with Crippen LogP contribution in [0.25, 0.3) is 0 Å². The Morgan fingerprint density at radius 3 is 2.11 bits per heavy atom. The van der Waals surface area contributed by atoms with Gasteiger partial charge < -0.3 is 5.41 Å². The van der Waals surface area contributed by atoms with Crippen molar-refractivity contribution >= 4 is 11.4 Å². The Balaban J connectivity index is 4.08. The second-order valence-electron chi connectivity index (χ2n) is 1.93. The van der Waals surface area contributed by atoms with Gasteiger partial charge in [-0.05, 0) is 6.92 Å². The van der Waals surface area contributed by atoms with E-state index in [-0.39, 0.29) is 11.6 Å². The highest BCUT2D eigenvalue weighted by Crippen LogP contribution is 1.96. The van der Waals surface area contributed by atoms with Crippen molar-refractivity contribution in [3.63, 3.8) is 0 Å². The molecule has 0 aromatic rings. The molecule has 0 saturated heterocycles. The van der Waals surface area contributed by atoms with E-state index in [9.17, 15) is 0 Å². The molecule has 3 heteroatoms. The Morgan fingerprint density at radius 1 is 1.56 bits per heavy atom. The fourth-order valence-electron chi connectivity index (χ4n) is 0.313. The summed E-state index contributed by atoms with van der Waals surface area (Å²) in [6.45, 7) is 3.27. The summed E-state index contributed by atoms with van der Waals surface area (Å²) in [5.41, 5.74) is 0.323. The van der Waals surface area contributed by atoms with Crippen LogP contribution in [0.4, 0.5) is 0 Å². The van der Waals surface area contributed by atoms with Crippen LogP contribution < -0.4 is 0 Å². The van der Waals surface area contributed by atoms with E-state index in [1.807, 2.05) is 0 Å². The third-order valence-electron chi connectivity index (χ3n) is 1.20. The first-order valence-electron chi connectivity index (χ1n) is 2.63. The molecule has 2 N–H and O–H groups in total. The van der Waals surface area contributed by atoms with Crippen molar-refractivity contribution in [2.24, 2.45) is 5.92 Å². The minimum Gasteiger partial charge on any atom is -0.309 e. The zero-order chi connectivity index (χ0) is 7.44.